The molecule has 2 aromatic rings. The molecule has 2 rings (SSSR count). The van der Waals surface area contributed by atoms with E-state index in [1.54, 1.807) is 6.92 Å². The largest absolute Gasteiger partial charge is 0.494 e. The minimum absolute atomic E-state index is 0.0957. The predicted octanol–water partition coefficient (Wildman–Crippen LogP) is 5.29. The number of aromatic amines is 1. The van der Waals surface area contributed by atoms with E-state index in [0.29, 0.717) is 6.61 Å². The Bertz CT molecular complexity index is 726. The Kier molecular flexibility index (Phi) is 9.35. The Hall–Kier alpha value is -2.01. The Morgan fingerprint density at radius 2 is 1.86 bits per heavy atom. The monoisotopic (exact) mass is 388 g/mol. The molecule has 0 aliphatic rings. The number of nitrogens with two attached hydrogens (primary N) is 1. The number of unbranched alkanes of at least 4 members (excludes halogenated alkanes) is 5. The smallest absolute Gasteiger partial charge is 0.323 e. The van der Waals surface area contributed by atoms with Crippen LogP contribution in [0.4, 0.5) is 0 Å². The van der Waals surface area contributed by atoms with Crippen LogP contribution in [0.5, 0.6) is 5.75 Å². The number of aromatic nitrogens is 1. The number of hydrogen-bond acceptors (Lipinski definition) is 4. The van der Waals surface area contributed by atoms with E-state index in [9.17, 15) is 4.79 Å². The van der Waals surface area contributed by atoms with Crippen molar-refractivity contribution in [3.8, 4) is 5.75 Å². The van der Waals surface area contributed by atoms with Crippen LogP contribution in [0.3, 0.4) is 0 Å². The van der Waals surface area contributed by atoms with Gasteiger partial charge < -0.3 is 20.2 Å². The van der Waals surface area contributed by atoms with Gasteiger partial charge in [-0.05, 0) is 43.5 Å². The number of H-pyrrole nitrogens is 1. The van der Waals surface area contributed by atoms with E-state index in [2.05, 4.69) is 18.0 Å². The fourth-order valence-electron chi connectivity index (χ4n) is 3.66. The molecule has 1 aromatic heterocycles. The summed E-state index contributed by atoms with van der Waals surface area (Å²) in [6.07, 6.45) is 10.2. The molecule has 2 unspecified atom stereocenters. The minimum Gasteiger partial charge on any atom is -0.494 e. The Labute approximate surface area is 169 Å². The van der Waals surface area contributed by atoms with Gasteiger partial charge in [-0.25, -0.2) is 0 Å². The zero-order chi connectivity index (χ0) is 20.4. The molecular weight excluding hydrogens is 352 g/mol. The van der Waals surface area contributed by atoms with Gasteiger partial charge >= 0.3 is 5.97 Å². The van der Waals surface area contributed by atoms with E-state index in [4.69, 9.17) is 15.2 Å². The van der Waals surface area contributed by atoms with Gasteiger partial charge in [0.1, 0.15) is 11.8 Å². The second-order valence-corrected chi connectivity index (χ2v) is 7.36. The molecule has 0 fully saturated rings. The summed E-state index contributed by atoms with van der Waals surface area (Å²) in [5.74, 6) is 0.419. The first-order valence-corrected chi connectivity index (χ1v) is 10.8. The van der Waals surface area contributed by atoms with Crippen LogP contribution in [0.2, 0.25) is 0 Å². The van der Waals surface area contributed by atoms with Gasteiger partial charge in [0.05, 0.1) is 13.2 Å². The van der Waals surface area contributed by atoms with Crippen molar-refractivity contribution in [2.24, 2.45) is 5.73 Å². The molecule has 0 radical (unpaired) electrons. The normalized spacial score (nSPS) is 13.4. The van der Waals surface area contributed by atoms with E-state index < -0.39 is 6.04 Å². The van der Waals surface area contributed by atoms with Crippen molar-refractivity contribution < 1.29 is 14.3 Å². The number of carbonyl (C=O) groups is 1. The molecule has 0 aliphatic heterocycles. The summed E-state index contributed by atoms with van der Waals surface area (Å²) in [5, 5.41) is 1.06. The van der Waals surface area contributed by atoms with Crippen LogP contribution in [-0.2, 0) is 9.53 Å². The van der Waals surface area contributed by atoms with Gasteiger partial charge in [-0.1, -0.05) is 46.0 Å². The molecule has 0 saturated heterocycles. The van der Waals surface area contributed by atoms with Gasteiger partial charge in [0.15, 0.2) is 0 Å². The Morgan fingerprint density at radius 1 is 1.11 bits per heavy atom. The Balaban J connectivity index is 2.03. The average Bonchev–Trinajstić information content (AvgIpc) is 3.11. The van der Waals surface area contributed by atoms with E-state index in [0.717, 1.165) is 41.7 Å². The molecule has 1 heterocycles. The van der Waals surface area contributed by atoms with E-state index >= 15 is 0 Å². The summed E-state index contributed by atoms with van der Waals surface area (Å²) in [7, 11) is 0. The zero-order valence-electron chi connectivity index (χ0n) is 17.6. The number of hydrogen-bond donors (Lipinski definition) is 2. The highest BCUT2D eigenvalue weighted by molar-refractivity contribution is 5.87. The summed E-state index contributed by atoms with van der Waals surface area (Å²) in [6, 6.07) is 5.40. The van der Waals surface area contributed by atoms with Crippen LogP contribution in [0.25, 0.3) is 10.9 Å². The first-order valence-electron chi connectivity index (χ1n) is 10.8. The molecule has 0 bridgehead atoms. The molecule has 5 nitrogen and oxygen atoms in total. The lowest BCUT2D eigenvalue weighted by Gasteiger charge is -2.21. The van der Waals surface area contributed by atoms with Crippen LogP contribution in [0.15, 0.2) is 24.4 Å². The maximum Gasteiger partial charge on any atom is 0.323 e. The van der Waals surface area contributed by atoms with E-state index in [1.165, 1.54) is 32.1 Å². The molecule has 0 spiro atoms. The van der Waals surface area contributed by atoms with Gasteiger partial charge in [-0.3, -0.25) is 4.79 Å². The number of esters is 1. The lowest BCUT2D eigenvalue weighted by atomic mass is 9.89. The summed E-state index contributed by atoms with van der Waals surface area (Å²) >= 11 is 0. The second-order valence-electron chi connectivity index (χ2n) is 7.36. The average molecular weight is 389 g/mol. The van der Waals surface area contributed by atoms with Gasteiger partial charge in [0.2, 0.25) is 0 Å². The lowest BCUT2D eigenvalue weighted by molar-refractivity contribution is -0.145. The summed E-state index contributed by atoms with van der Waals surface area (Å²) in [4.78, 5) is 15.4. The second kappa shape index (κ2) is 11.7. The quantitative estimate of drug-likeness (QED) is 0.361. The fraction of sp³-hybridized carbons (Fsp3) is 0.609. The number of carbonyl (C=O) groups excluding carboxylic acids is 1. The molecular formula is C23H36N2O3. The topological polar surface area (TPSA) is 77.3 Å². The standard InChI is InChI=1S/C23H36N2O3/c1-4-7-8-9-10-11-14-28-17-12-13-21-19(15-17)20(16-25-21)18(5-2)22(24)23(26)27-6-3/h12-13,15-16,18,22,25H,4-11,14,24H2,1-3H3. The Morgan fingerprint density at radius 3 is 2.57 bits per heavy atom. The molecule has 3 N–H and O–H groups in total. The highest BCUT2D eigenvalue weighted by atomic mass is 16.5. The molecule has 5 heteroatoms. The highest BCUT2D eigenvalue weighted by Gasteiger charge is 2.28. The summed E-state index contributed by atoms with van der Waals surface area (Å²) in [6.45, 7) is 7.15. The molecule has 1 aromatic carbocycles. The van der Waals surface area contributed by atoms with Crippen LogP contribution in [-0.4, -0.2) is 30.2 Å². The molecule has 0 saturated carbocycles. The van der Waals surface area contributed by atoms with E-state index in [1.807, 2.05) is 25.3 Å². The lowest BCUT2D eigenvalue weighted by Crippen LogP contribution is -2.38. The maximum absolute atomic E-state index is 12.1. The van der Waals surface area contributed by atoms with Gasteiger partial charge in [-0.2, -0.15) is 0 Å². The van der Waals surface area contributed by atoms with Crippen molar-refractivity contribution in [2.75, 3.05) is 13.2 Å². The fourth-order valence-corrected chi connectivity index (χ4v) is 3.66. The number of benzene rings is 1. The summed E-state index contributed by atoms with van der Waals surface area (Å²) in [5.41, 5.74) is 8.28. The van der Waals surface area contributed by atoms with Gasteiger partial charge in [0, 0.05) is 23.0 Å². The van der Waals surface area contributed by atoms with Crippen LogP contribution in [0, 0.1) is 0 Å². The first-order chi connectivity index (χ1) is 13.6. The van der Waals surface area contributed by atoms with Crippen molar-refractivity contribution in [3.63, 3.8) is 0 Å². The van der Waals surface area contributed by atoms with Crippen molar-refractivity contribution in [1.82, 2.24) is 4.98 Å². The highest BCUT2D eigenvalue weighted by Crippen LogP contribution is 2.32. The number of fused-ring (bicyclic) bond motifs is 1. The third-order valence-corrected chi connectivity index (χ3v) is 5.28. The maximum atomic E-state index is 12.1. The third-order valence-electron chi connectivity index (χ3n) is 5.28. The van der Waals surface area contributed by atoms with Crippen molar-refractivity contribution in [2.45, 2.75) is 77.7 Å². The summed E-state index contributed by atoms with van der Waals surface area (Å²) < 4.78 is 11.1. The van der Waals surface area contributed by atoms with Crippen molar-refractivity contribution in [3.05, 3.63) is 30.0 Å². The van der Waals surface area contributed by atoms with Crippen LogP contribution >= 0.6 is 0 Å². The van der Waals surface area contributed by atoms with Crippen LogP contribution in [0.1, 0.15) is 77.2 Å². The number of rotatable bonds is 13. The van der Waals surface area contributed by atoms with Gasteiger partial charge in [0.25, 0.3) is 0 Å². The predicted molar refractivity (Wildman–Crippen MR) is 115 cm³/mol. The van der Waals surface area contributed by atoms with Crippen molar-refractivity contribution >= 4 is 16.9 Å². The third kappa shape index (κ3) is 5.99. The van der Waals surface area contributed by atoms with Crippen molar-refractivity contribution in [1.29, 1.82) is 0 Å². The zero-order valence-corrected chi connectivity index (χ0v) is 17.6. The molecule has 0 amide bonds. The molecule has 28 heavy (non-hydrogen) atoms. The molecule has 156 valence electrons. The number of ether oxygens (including phenoxy) is 2. The first kappa shape index (κ1) is 22.3. The van der Waals surface area contributed by atoms with Gasteiger partial charge in [-0.15, -0.1) is 0 Å². The number of nitrogens with one attached hydrogen (secondary N) is 1. The SMILES string of the molecule is CCCCCCCCOc1ccc2[nH]cc(C(CC)C(N)C(=O)OCC)c2c1. The van der Waals surface area contributed by atoms with E-state index in [-0.39, 0.29) is 11.9 Å². The van der Waals surface area contributed by atoms with Crippen LogP contribution < -0.4 is 10.5 Å². The molecule has 0 aliphatic carbocycles. The minimum atomic E-state index is -0.670. The molecule has 2 atom stereocenters.